The summed E-state index contributed by atoms with van der Waals surface area (Å²) in [5.74, 6) is 9.09. The number of hydrogen-bond donors (Lipinski definition) is 2. The first kappa shape index (κ1) is 12.7. The minimum atomic E-state index is 0.122. The van der Waals surface area contributed by atoms with Gasteiger partial charge in [-0.2, -0.15) is 0 Å². The Morgan fingerprint density at radius 2 is 2.15 bits per heavy atom. The Morgan fingerprint density at radius 3 is 2.85 bits per heavy atom. The Bertz CT molecular complexity index is 638. The van der Waals surface area contributed by atoms with Crippen molar-refractivity contribution in [3.8, 4) is 0 Å². The summed E-state index contributed by atoms with van der Waals surface area (Å²) in [7, 11) is 0. The zero-order valence-corrected chi connectivity index (χ0v) is 12.1. The Morgan fingerprint density at radius 1 is 1.25 bits per heavy atom. The van der Waals surface area contributed by atoms with Gasteiger partial charge < -0.3 is 4.42 Å². The van der Waals surface area contributed by atoms with Crippen LogP contribution in [0.2, 0.25) is 5.02 Å². The van der Waals surface area contributed by atoms with Crippen molar-refractivity contribution in [2.45, 2.75) is 31.7 Å². The number of furan rings is 1. The summed E-state index contributed by atoms with van der Waals surface area (Å²) in [6.07, 6.45) is 5.39. The van der Waals surface area contributed by atoms with Crippen molar-refractivity contribution < 1.29 is 4.42 Å². The molecule has 106 valence electrons. The third-order valence-electron chi connectivity index (χ3n) is 5.20. The SMILES string of the molecule is NNC(c1cc2cc(Cl)ccc2o1)C1CC2CCC1C2. The van der Waals surface area contributed by atoms with E-state index in [-0.39, 0.29) is 6.04 Å². The van der Waals surface area contributed by atoms with Crippen molar-refractivity contribution in [2.24, 2.45) is 23.6 Å². The summed E-state index contributed by atoms with van der Waals surface area (Å²) >= 11 is 6.04. The van der Waals surface area contributed by atoms with E-state index >= 15 is 0 Å². The van der Waals surface area contributed by atoms with Crippen molar-refractivity contribution in [1.82, 2.24) is 5.43 Å². The predicted octanol–water partition coefficient (Wildman–Crippen LogP) is 4.03. The Labute approximate surface area is 123 Å². The summed E-state index contributed by atoms with van der Waals surface area (Å²) in [4.78, 5) is 0. The van der Waals surface area contributed by atoms with Gasteiger partial charge in [0.15, 0.2) is 0 Å². The molecule has 2 saturated carbocycles. The first-order valence-electron chi connectivity index (χ1n) is 7.39. The van der Waals surface area contributed by atoms with Gasteiger partial charge in [-0.3, -0.25) is 5.84 Å². The van der Waals surface area contributed by atoms with Crippen LogP contribution in [0.15, 0.2) is 28.7 Å². The Hall–Kier alpha value is -1.03. The molecular formula is C16H19ClN2O. The smallest absolute Gasteiger partial charge is 0.134 e. The molecule has 0 spiro atoms. The molecule has 0 saturated heterocycles. The summed E-state index contributed by atoms with van der Waals surface area (Å²) in [5, 5.41) is 1.79. The lowest BCUT2D eigenvalue weighted by atomic mass is 9.82. The van der Waals surface area contributed by atoms with E-state index < -0.39 is 0 Å². The Kier molecular flexibility index (Phi) is 3.02. The number of hydrazine groups is 1. The first-order valence-corrected chi connectivity index (χ1v) is 7.77. The lowest BCUT2D eigenvalue weighted by Crippen LogP contribution is -2.35. The van der Waals surface area contributed by atoms with E-state index in [2.05, 4.69) is 11.5 Å². The van der Waals surface area contributed by atoms with Crippen LogP contribution in [-0.2, 0) is 0 Å². The molecule has 4 atom stereocenters. The van der Waals surface area contributed by atoms with E-state index in [1.165, 1.54) is 25.7 Å². The van der Waals surface area contributed by atoms with Gasteiger partial charge in [-0.25, -0.2) is 5.43 Å². The number of benzene rings is 1. The highest BCUT2D eigenvalue weighted by Crippen LogP contribution is 2.52. The van der Waals surface area contributed by atoms with Gasteiger partial charge in [0.2, 0.25) is 0 Å². The van der Waals surface area contributed by atoms with Crippen molar-refractivity contribution >= 4 is 22.6 Å². The molecule has 3 nitrogen and oxygen atoms in total. The average Bonchev–Trinajstić information content (AvgIpc) is 3.13. The molecule has 1 aromatic heterocycles. The molecule has 0 aliphatic heterocycles. The van der Waals surface area contributed by atoms with Crippen LogP contribution in [0.5, 0.6) is 0 Å². The topological polar surface area (TPSA) is 51.2 Å². The molecule has 1 aromatic carbocycles. The normalized spacial score (nSPS) is 30.2. The second-order valence-electron chi connectivity index (χ2n) is 6.31. The molecule has 2 aromatic rings. The minimum absolute atomic E-state index is 0.122. The fraction of sp³-hybridized carbons (Fsp3) is 0.500. The van der Waals surface area contributed by atoms with Crippen LogP contribution in [0, 0.1) is 17.8 Å². The maximum atomic E-state index is 6.04. The zero-order valence-electron chi connectivity index (χ0n) is 11.3. The summed E-state index contributed by atoms with van der Waals surface area (Å²) < 4.78 is 5.99. The van der Waals surface area contributed by atoms with Crippen LogP contribution in [-0.4, -0.2) is 0 Å². The lowest BCUT2D eigenvalue weighted by Gasteiger charge is -2.28. The standard InChI is InChI=1S/C16H19ClN2O/c17-12-3-4-14-11(7-12)8-15(20-14)16(19-18)13-6-9-1-2-10(13)5-9/h3-4,7-10,13,16,19H,1-2,5-6,18H2. The fourth-order valence-electron chi connectivity index (χ4n) is 4.31. The van der Waals surface area contributed by atoms with Gasteiger partial charge in [0.25, 0.3) is 0 Å². The molecule has 20 heavy (non-hydrogen) atoms. The van der Waals surface area contributed by atoms with Gasteiger partial charge in [0.1, 0.15) is 11.3 Å². The van der Waals surface area contributed by atoms with E-state index in [0.717, 1.165) is 33.6 Å². The van der Waals surface area contributed by atoms with E-state index in [4.69, 9.17) is 21.9 Å². The van der Waals surface area contributed by atoms with Gasteiger partial charge in [0.05, 0.1) is 6.04 Å². The first-order chi connectivity index (χ1) is 9.74. The number of nitrogens with one attached hydrogen (secondary N) is 1. The minimum Gasteiger partial charge on any atom is -0.459 e. The van der Waals surface area contributed by atoms with Crippen LogP contribution in [0.3, 0.4) is 0 Å². The highest BCUT2D eigenvalue weighted by molar-refractivity contribution is 6.31. The molecule has 2 aliphatic rings. The number of nitrogens with two attached hydrogens (primary N) is 1. The molecule has 4 heteroatoms. The van der Waals surface area contributed by atoms with Gasteiger partial charge >= 0.3 is 0 Å². The summed E-state index contributed by atoms with van der Waals surface area (Å²) in [6.45, 7) is 0. The third-order valence-corrected chi connectivity index (χ3v) is 5.44. The molecule has 4 rings (SSSR count). The number of fused-ring (bicyclic) bond motifs is 3. The van der Waals surface area contributed by atoms with Crippen LogP contribution in [0.4, 0.5) is 0 Å². The van der Waals surface area contributed by atoms with Gasteiger partial charge in [-0.1, -0.05) is 18.0 Å². The van der Waals surface area contributed by atoms with E-state index in [9.17, 15) is 0 Å². The van der Waals surface area contributed by atoms with Crippen LogP contribution in [0.1, 0.15) is 37.5 Å². The summed E-state index contributed by atoms with van der Waals surface area (Å²) in [6, 6.07) is 7.93. The van der Waals surface area contributed by atoms with E-state index in [1.54, 1.807) is 0 Å². The quantitative estimate of drug-likeness (QED) is 0.663. The molecule has 1 heterocycles. The molecule has 4 unspecified atom stereocenters. The average molecular weight is 291 g/mol. The number of hydrogen-bond acceptors (Lipinski definition) is 3. The second-order valence-corrected chi connectivity index (χ2v) is 6.75. The van der Waals surface area contributed by atoms with Gasteiger partial charge in [-0.05, 0) is 61.3 Å². The third kappa shape index (κ3) is 1.96. The highest BCUT2D eigenvalue weighted by Gasteiger charge is 2.44. The van der Waals surface area contributed by atoms with Gasteiger partial charge in [-0.15, -0.1) is 0 Å². The van der Waals surface area contributed by atoms with Crippen molar-refractivity contribution in [1.29, 1.82) is 0 Å². The van der Waals surface area contributed by atoms with E-state index in [0.29, 0.717) is 5.92 Å². The van der Waals surface area contributed by atoms with Crippen molar-refractivity contribution in [3.05, 3.63) is 35.0 Å². The van der Waals surface area contributed by atoms with E-state index in [1.807, 2.05) is 18.2 Å². The lowest BCUT2D eigenvalue weighted by molar-refractivity contribution is 0.230. The number of rotatable bonds is 3. The fourth-order valence-corrected chi connectivity index (χ4v) is 4.49. The predicted molar refractivity (Wildman–Crippen MR) is 80.2 cm³/mol. The molecule has 2 fully saturated rings. The van der Waals surface area contributed by atoms with Crippen LogP contribution < -0.4 is 11.3 Å². The molecule has 2 aliphatic carbocycles. The Balaban J connectivity index is 1.69. The van der Waals surface area contributed by atoms with Crippen molar-refractivity contribution in [2.75, 3.05) is 0 Å². The molecule has 0 amide bonds. The monoisotopic (exact) mass is 290 g/mol. The van der Waals surface area contributed by atoms with Crippen LogP contribution >= 0.6 is 11.6 Å². The number of halogens is 1. The summed E-state index contributed by atoms with van der Waals surface area (Å²) in [5.41, 5.74) is 3.88. The second kappa shape index (κ2) is 4.76. The molecule has 2 bridgehead atoms. The largest absolute Gasteiger partial charge is 0.459 e. The van der Waals surface area contributed by atoms with Gasteiger partial charge in [0, 0.05) is 10.4 Å². The molecule has 3 N–H and O–H groups in total. The van der Waals surface area contributed by atoms with Crippen LogP contribution in [0.25, 0.3) is 11.0 Å². The maximum absolute atomic E-state index is 6.04. The van der Waals surface area contributed by atoms with Crippen molar-refractivity contribution in [3.63, 3.8) is 0 Å². The zero-order chi connectivity index (χ0) is 13.7. The highest BCUT2D eigenvalue weighted by atomic mass is 35.5. The molecular weight excluding hydrogens is 272 g/mol. The molecule has 0 radical (unpaired) electrons. The maximum Gasteiger partial charge on any atom is 0.134 e.